The summed E-state index contributed by atoms with van der Waals surface area (Å²) in [5.41, 5.74) is 1.87. The molecule has 19 heavy (non-hydrogen) atoms. The van der Waals surface area contributed by atoms with E-state index in [0.29, 0.717) is 12.5 Å². The molecule has 3 heteroatoms. The molecule has 90 valence electrons. The molecule has 0 aliphatic rings. The van der Waals surface area contributed by atoms with Crippen molar-refractivity contribution in [2.45, 2.75) is 6.61 Å². The SMILES string of the molecule is [B]c1ccc2c(OCc3ccccc3)nccc2c1. The Bertz CT molecular complexity index is 697. The Morgan fingerprint density at radius 2 is 1.84 bits per heavy atom. The maximum absolute atomic E-state index is 5.79. The Balaban J connectivity index is 1.89. The van der Waals surface area contributed by atoms with Gasteiger partial charge >= 0.3 is 0 Å². The van der Waals surface area contributed by atoms with Gasteiger partial charge in [0.25, 0.3) is 0 Å². The van der Waals surface area contributed by atoms with Crippen LogP contribution in [0.5, 0.6) is 5.88 Å². The molecule has 0 saturated heterocycles. The Kier molecular flexibility index (Phi) is 3.19. The minimum atomic E-state index is 0.511. The minimum Gasteiger partial charge on any atom is -0.472 e. The summed E-state index contributed by atoms with van der Waals surface area (Å²) in [7, 11) is 5.78. The molecule has 0 fully saturated rings. The van der Waals surface area contributed by atoms with E-state index in [0.717, 1.165) is 21.8 Å². The molecule has 2 aromatic carbocycles. The number of rotatable bonds is 3. The van der Waals surface area contributed by atoms with Crippen molar-refractivity contribution in [3.05, 3.63) is 66.4 Å². The number of hydrogen-bond donors (Lipinski definition) is 0. The highest BCUT2D eigenvalue weighted by Gasteiger charge is 2.03. The van der Waals surface area contributed by atoms with Crippen LogP contribution in [-0.4, -0.2) is 12.8 Å². The van der Waals surface area contributed by atoms with Crippen LogP contribution in [0.4, 0.5) is 0 Å². The van der Waals surface area contributed by atoms with Gasteiger partial charge < -0.3 is 4.74 Å². The molecule has 2 radical (unpaired) electrons. The van der Waals surface area contributed by atoms with Crippen LogP contribution in [0.1, 0.15) is 5.56 Å². The third-order valence-electron chi connectivity index (χ3n) is 2.97. The van der Waals surface area contributed by atoms with Gasteiger partial charge in [0, 0.05) is 11.6 Å². The summed E-state index contributed by atoms with van der Waals surface area (Å²) in [4.78, 5) is 4.29. The number of pyridine rings is 1. The summed E-state index contributed by atoms with van der Waals surface area (Å²) >= 11 is 0. The molecule has 0 spiro atoms. The predicted octanol–water partition coefficient (Wildman–Crippen LogP) is 2.61. The Morgan fingerprint density at radius 1 is 1.00 bits per heavy atom. The lowest BCUT2D eigenvalue weighted by Crippen LogP contribution is -2.02. The first-order valence-corrected chi connectivity index (χ1v) is 6.14. The maximum atomic E-state index is 5.79. The summed E-state index contributed by atoms with van der Waals surface area (Å²) in [6.07, 6.45) is 1.74. The molecule has 1 aromatic heterocycles. The number of nitrogens with zero attached hydrogens (tertiary/aromatic N) is 1. The molecule has 1 heterocycles. The van der Waals surface area contributed by atoms with E-state index in [1.165, 1.54) is 0 Å². The van der Waals surface area contributed by atoms with Crippen LogP contribution in [0.3, 0.4) is 0 Å². The Labute approximate surface area is 113 Å². The molecule has 0 aliphatic heterocycles. The summed E-state index contributed by atoms with van der Waals surface area (Å²) < 4.78 is 5.79. The highest BCUT2D eigenvalue weighted by atomic mass is 16.5. The molecule has 0 saturated carbocycles. The van der Waals surface area contributed by atoms with Crippen LogP contribution in [0, 0.1) is 0 Å². The van der Waals surface area contributed by atoms with Crippen molar-refractivity contribution in [3.63, 3.8) is 0 Å². The average Bonchev–Trinajstić information content (AvgIpc) is 2.45. The summed E-state index contributed by atoms with van der Waals surface area (Å²) in [5.74, 6) is 0.640. The van der Waals surface area contributed by atoms with Crippen molar-refractivity contribution < 1.29 is 4.74 Å². The van der Waals surface area contributed by atoms with Crippen LogP contribution in [0.2, 0.25) is 0 Å². The van der Waals surface area contributed by atoms with Gasteiger partial charge in [0.15, 0.2) is 0 Å². The van der Waals surface area contributed by atoms with Gasteiger partial charge in [-0.15, -0.1) is 0 Å². The standard InChI is InChI=1S/C16H12BNO/c17-14-6-7-15-13(10-14)8-9-18-16(15)19-11-12-4-2-1-3-5-12/h1-10H,11H2. The van der Waals surface area contributed by atoms with E-state index in [4.69, 9.17) is 12.6 Å². The maximum Gasteiger partial charge on any atom is 0.221 e. The lowest BCUT2D eigenvalue weighted by molar-refractivity contribution is 0.298. The normalized spacial score (nSPS) is 10.5. The molecule has 0 bridgehead atoms. The van der Waals surface area contributed by atoms with Gasteiger partial charge in [0.2, 0.25) is 5.88 Å². The quantitative estimate of drug-likeness (QED) is 0.661. The second kappa shape index (κ2) is 5.15. The second-order valence-corrected chi connectivity index (χ2v) is 4.37. The van der Waals surface area contributed by atoms with Gasteiger partial charge in [-0.05, 0) is 23.1 Å². The fraction of sp³-hybridized carbons (Fsp3) is 0.0625. The van der Waals surface area contributed by atoms with Gasteiger partial charge in [0.05, 0.1) is 0 Å². The molecule has 2 nitrogen and oxygen atoms in total. The van der Waals surface area contributed by atoms with Crippen LogP contribution in [0.15, 0.2) is 60.8 Å². The van der Waals surface area contributed by atoms with E-state index in [2.05, 4.69) is 4.98 Å². The van der Waals surface area contributed by atoms with Crippen molar-refractivity contribution in [3.8, 4) is 5.88 Å². The topological polar surface area (TPSA) is 22.1 Å². The highest BCUT2D eigenvalue weighted by Crippen LogP contribution is 2.22. The van der Waals surface area contributed by atoms with Gasteiger partial charge in [-0.1, -0.05) is 47.9 Å². The third kappa shape index (κ3) is 2.60. The van der Waals surface area contributed by atoms with Crippen molar-refractivity contribution in [1.82, 2.24) is 4.98 Å². The first-order chi connectivity index (χ1) is 9.33. The Hall–Kier alpha value is -2.29. The lowest BCUT2D eigenvalue weighted by Gasteiger charge is -2.08. The average molecular weight is 245 g/mol. The molecule has 3 aromatic rings. The van der Waals surface area contributed by atoms with Crippen LogP contribution >= 0.6 is 0 Å². The van der Waals surface area contributed by atoms with E-state index >= 15 is 0 Å². The monoisotopic (exact) mass is 245 g/mol. The van der Waals surface area contributed by atoms with E-state index in [9.17, 15) is 0 Å². The van der Waals surface area contributed by atoms with Crippen LogP contribution < -0.4 is 10.2 Å². The fourth-order valence-corrected chi connectivity index (χ4v) is 2.01. The molecule has 0 amide bonds. The number of benzene rings is 2. The summed E-state index contributed by atoms with van der Waals surface area (Å²) in [6.45, 7) is 0.511. The molecule has 0 atom stereocenters. The number of fused-ring (bicyclic) bond motifs is 1. The predicted molar refractivity (Wildman–Crippen MR) is 77.9 cm³/mol. The third-order valence-corrected chi connectivity index (χ3v) is 2.97. The fourth-order valence-electron chi connectivity index (χ4n) is 2.01. The van der Waals surface area contributed by atoms with E-state index < -0.39 is 0 Å². The second-order valence-electron chi connectivity index (χ2n) is 4.37. The van der Waals surface area contributed by atoms with Crippen LogP contribution in [0.25, 0.3) is 10.8 Å². The van der Waals surface area contributed by atoms with Gasteiger partial charge in [-0.2, -0.15) is 0 Å². The van der Waals surface area contributed by atoms with Crippen molar-refractivity contribution in [1.29, 1.82) is 0 Å². The van der Waals surface area contributed by atoms with Gasteiger partial charge in [-0.3, -0.25) is 0 Å². The van der Waals surface area contributed by atoms with Crippen molar-refractivity contribution in [2.75, 3.05) is 0 Å². The molecular formula is C16H12BNO. The van der Waals surface area contributed by atoms with Crippen molar-refractivity contribution in [2.24, 2.45) is 0 Å². The minimum absolute atomic E-state index is 0.511. The van der Waals surface area contributed by atoms with E-state index in [-0.39, 0.29) is 0 Å². The van der Waals surface area contributed by atoms with Crippen molar-refractivity contribution >= 4 is 24.1 Å². The summed E-state index contributed by atoms with van der Waals surface area (Å²) in [6, 6.07) is 17.7. The first-order valence-electron chi connectivity index (χ1n) is 6.14. The number of ether oxygens (including phenoxy) is 1. The molecular weight excluding hydrogens is 233 g/mol. The molecule has 3 rings (SSSR count). The molecule has 0 unspecified atom stereocenters. The molecule has 0 N–H and O–H groups in total. The van der Waals surface area contributed by atoms with E-state index in [1.54, 1.807) is 6.20 Å². The highest BCUT2D eigenvalue weighted by molar-refractivity contribution is 6.33. The zero-order valence-electron chi connectivity index (χ0n) is 10.4. The number of aromatic nitrogens is 1. The first kappa shape index (κ1) is 11.8. The summed E-state index contributed by atoms with van der Waals surface area (Å²) in [5, 5.41) is 2.02. The van der Waals surface area contributed by atoms with Gasteiger partial charge in [0.1, 0.15) is 14.5 Å². The lowest BCUT2D eigenvalue weighted by atomic mass is 9.94. The Morgan fingerprint density at radius 3 is 2.68 bits per heavy atom. The largest absolute Gasteiger partial charge is 0.472 e. The smallest absolute Gasteiger partial charge is 0.221 e. The van der Waals surface area contributed by atoms with Crippen LogP contribution in [-0.2, 0) is 6.61 Å². The van der Waals surface area contributed by atoms with E-state index in [1.807, 2.05) is 54.6 Å². The number of hydrogen-bond acceptors (Lipinski definition) is 2. The zero-order chi connectivity index (χ0) is 13.1. The van der Waals surface area contributed by atoms with Gasteiger partial charge in [-0.25, -0.2) is 4.98 Å². The molecule has 0 aliphatic carbocycles. The zero-order valence-corrected chi connectivity index (χ0v) is 10.4.